The average molecular weight is 368 g/mol. The first-order chi connectivity index (χ1) is 12.6. The van der Waals surface area contributed by atoms with Gasteiger partial charge in [0, 0.05) is 32.7 Å². The highest BCUT2D eigenvalue weighted by atomic mass is 16.2. The minimum Gasteiger partial charge on any atom is -0.343 e. The van der Waals surface area contributed by atoms with Gasteiger partial charge in [-0.25, -0.2) is 4.79 Å². The first-order valence-electron chi connectivity index (χ1n) is 11.0. The SMILES string of the molecule is CCCCCCCCCCNC(=O)N1CCCC(C(=O)N(CC)CC)C1. The molecule has 0 aliphatic carbocycles. The van der Waals surface area contributed by atoms with Gasteiger partial charge in [0.2, 0.25) is 5.91 Å². The molecule has 1 rings (SSSR count). The largest absolute Gasteiger partial charge is 0.343 e. The minimum absolute atomic E-state index is 0.00462. The van der Waals surface area contributed by atoms with E-state index >= 15 is 0 Å². The molecule has 1 fully saturated rings. The van der Waals surface area contributed by atoms with Crippen LogP contribution in [0.2, 0.25) is 0 Å². The first-order valence-corrected chi connectivity index (χ1v) is 11.0. The van der Waals surface area contributed by atoms with Crippen molar-refractivity contribution in [2.24, 2.45) is 5.92 Å². The molecule has 5 nitrogen and oxygen atoms in total. The van der Waals surface area contributed by atoms with Crippen LogP contribution in [0.25, 0.3) is 0 Å². The molecule has 0 radical (unpaired) electrons. The van der Waals surface area contributed by atoms with Crippen molar-refractivity contribution in [3.63, 3.8) is 0 Å². The maximum absolute atomic E-state index is 12.5. The van der Waals surface area contributed by atoms with Crippen LogP contribution >= 0.6 is 0 Å². The molecule has 0 spiro atoms. The highest BCUT2D eigenvalue weighted by Gasteiger charge is 2.30. The van der Waals surface area contributed by atoms with E-state index in [1.807, 2.05) is 23.6 Å². The second-order valence-corrected chi connectivity index (χ2v) is 7.50. The summed E-state index contributed by atoms with van der Waals surface area (Å²) in [4.78, 5) is 28.6. The van der Waals surface area contributed by atoms with Crippen LogP contribution in [0.15, 0.2) is 0 Å². The molecule has 0 saturated carbocycles. The third-order valence-corrected chi connectivity index (χ3v) is 5.44. The minimum atomic E-state index is -0.0301. The molecule has 0 bridgehead atoms. The van der Waals surface area contributed by atoms with Gasteiger partial charge in [-0.2, -0.15) is 0 Å². The van der Waals surface area contributed by atoms with Gasteiger partial charge in [0.15, 0.2) is 0 Å². The number of rotatable bonds is 12. The van der Waals surface area contributed by atoms with E-state index in [-0.39, 0.29) is 17.9 Å². The molecule has 1 saturated heterocycles. The quantitative estimate of drug-likeness (QED) is 0.519. The lowest BCUT2D eigenvalue weighted by Gasteiger charge is -2.34. The fourth-order valence-electron chi connectivity index (χ4n) is 3.72. The third-order valence-electron chi connectivity index (χ3n) is 5.44. The molecule has 3 amide bonds. The Morgan fingerprint density at radius 1 is 0.962 bits per heavy atom. The summed E-state index contributed by atoms with van der Waals surface area (Å²) >= 11 is 0. The van der Waals surface area contributed by atoms with E-state index in [0.29, 0.717) is 6.54 Å². The van der Waals surface area contributed by atoms with Gasteiger partial charge in [-0.05, 0) is 33.1 Å². The lowest BCUT2D eigenvalue weighted by atomic mass is 9.96. The van der Waals surface area contributed by atoms with E-state index in [9.17, 15) is 9.59 Å². The fourth-order valence-corrected chi connectivity index (χ4v) is 3.72. The van der Waals surface area contributed by atoms with Crippen LogP contribution in [0.3, 0.4) is 0 Å². The molecule has 1 heterocycles. The zero-order valence-corrected chi connectivity index (χ0v) is 17.4. The molecule has 1 aliphatic heterocycles. The molecule has 1 aliphatic rings. The van der Waals surface area contributed by atoms with Crippen LogP contribution in [0.1, 0.15) is 85.0 Å². The van der Waals surface area contributed by atoms with Gasteiger partial charge in [0.05, 0.1) is 5.92 Å². The summed E-state index contributed by atoms with van der Waals surface area (Å²) in [5.41, 5.74) is 0. The van der Waals surface area contributed by atoms with E-state index in [2.05, 4.69) is 12.2 Å². The molecule has 1 unspecified atom stereocenters. The van der Waals surface area contributed by atoms with Gasteiger partial charge in [-0.3, -0.25) is 4.79 Å². The van der Waals surface area contributed by atoms with E-state index in [0.717, 1.165) is 45.4 Å². The number of nitrogens with zero attached hydrogens (tertiary/aromatic N) is 2. The molecule has 0 aromatic rings. The highest BCUT2D eigenvalue weighted by Crippen LogP contribution is 2.19. The van der Waals surface area contributed by atoms with Crippen molar-refractivity contribution in [3.8, 4) is 0 Å². The molecule has 0 aromatic carbocycles. The highest BCUT2D eigenvalue weighted by molar-refractivity contribution is 5.81. The Labute approximate surface area is 160 Å². The Balaban J connectivity index is 2.19. The monoisotopic (exact) mass is 367 g/mol. The molecule has 26 heavy (non-hydrogen) atoms. The number of unbranched alkanes of at least 4 members (excludes halogenated alkanes) is 7. The van der Waals surface area contributed by atoms with Gasteiger partial charge < -0.3 is 15.1 Å². The fraction of sp³-hybridized carbons (Fsp3) is 0.905. The molecule has 1 N–H and O–H groups in total. The predicted molar refractivity (Wildman–Crippen MR) is 108 cm³/mol. The number of nitrogens with one attached hydrogen (secondary N) is 1. The number of urea groups is 1. The van der Waals surface area contributed by atoms with Crippen molar-refractivity contribution in [1.82, 2.24) is 15.1 Å². The number of carbonyl (C=O) groups excluding carboxylic acids is 2. The molecule has 5 heteroatoms. The van der Waals surface area contributed by atoms with E-state index < -0.39 is 0 Å². The number of hydrogen-bond donors (Lipinski definition) is 1. The summed E-state index contributed by atoms with van der Waals surface area (Å²) in [6, 6.07) is 0.00462. The van der Waals surface area contributed by atoms with Gasteiger partial charge >= 0.3 is 6.03 Å². The number of piperidine rings is 1. The van der Waals surface area contributed by atoms with Gasteiger partial charge in [-0.1, -0.05) is 51.9 Å². The van der Waals surface area contributed by atoms with E-state index in [1.165, 1.54) is 44.9 Å². The number of carbonyl (C=O) groups is 2. The zero-order valence-electron chi connectivity index (χ0n) is 17.4. The van der Waals surface area contributed by atoms with Crippen molar-refractivity contribution >= 4 is 11.9 Å². The van der Waals surface area contributed by atoms with Gasteiger partial charge in [0.25, 0.3) is 0 Å². The smallest absolute Gasteiger partial charge is 0.317 e. The summed E-state index contributed by atoms with van der Waals surface area (Å²) < 4.78 is 0. The molecule has 1 atom stereocenters. The van der Waals surface area contributed by atoms with Crippen molar-refractivity contribution in [2.75, 3.05) is 32.7 Å². The lowest BCUT2D eigenvalue weighted by Crippen LogP contribution is -2.49. The molecular formula is C21H41N3O2. The predicted octanol–water partition coefficient (Wildman–Crippen LogP) is 4.42. The normalized spacial score (nSPS) is 17.2. The standard InChI is InChI=1S/C21H41N3O2/c1-4-7-8-9-10-11-12-13-16-22-21(26)24-17-14-15-19(18-24)20(25)23(5-2)6-3/h19H,4-18H2,1-3H3,(H,22,26). The summed E-state index contributed by atoms with van der Waals surface area (Å²) in [6.45, 7) is 9.85. The Bertz CT molecular complexity index is 397. The average Bonchev–Trinajstić information content (AvgIpc) is 2.67. The van der Waals surface area contributed by atoms with Gasteiger partial charge in [-0.15, -0.1) is 0 Å². The Kier molecular flexibility index (Phi) is 12.2. The van der Waals surface area contributed by atoms with Crippen LogP contribution in [-0.4, -0.2) is 54.5 Å². The second kappa shape index (κ2) is 13.9. The number of amides is 3. The number of hydrogen-bond acceptors (Lipinski definition) is 2. The molecule has 152 valence electrons. The first kappa shape index (κ1) is 22.8. The Hall–Kier alpha value is -1.26. The van der Waals surface area contributed by atoms with Crippen LogP contribution in [0.5, 0.6) is 0 Å². The summed E-state index contributed by atoms with van der Waals surface area (Å²) in [5, 5.41) is 3.04. The van der Waals surface area contributed by atoms with Crippen molar-refractivity contribution < 1.29 is 9.59 Å². The summed E-state index contributed by atoms with van der Waals surface area (Å²) in [7, 11) is 0. The topological polar surface area (TPSA) is 52.7 Å². The van der Waals surface area contributed by atoms with E-state index in [1.54, 1.807) is 0 Å². The maximum Gasteiger partial charge on any atom is 0.317 e. The summed E-state index contributed by atoms with van der Waals surface area (Å²) in [5.74, 6) is 0.174. The summed E-state index contributed by atoms with van der Waals surface area (Å²) in [6.07, 6.45) is 12.0. The Morgan fingerprint density at radius 2 is 1.58 bits per heavy atom. The molecular weight excluding hydrogens is 326 g/mol. The third kappa shape index (κ3) is 8.41. The van der Waals surface area contributed by atoms with Gasteiger partial charge in [0.1, 0.15) is 0 Å². The van der Waals surface area contributed by atoms with Crippen LogP contribution in [-0.2, 0) is 4.79 Å². The maximum atomic E-state index is 12.5. The van der Waals surface area contributed by atoms with Crippen LogP contribution in [0.4, 0.5) is 4.79 Å². The van der Waals surface area contributed by atoms with E-state index in [4.69, 9.17) is 0 Å². The van der Waals surface area contributed by atoms with Crippen LogP contribution < -0.4 is 5.32 Å². The molecule has 0 aromatic heterocycles. The van der Waals surface area contributed by atoms with Crippen molar-refractivity contribution in [2.45, 2.75) is 85.0 Å². The van der Waals surface area contributed by atoms with Crippen LogP contribution in [0, 0.1) is 5.92 Å². The lowest BCUT2D eigenvalue weighted by molar-refractivity contribution is -0.136. The Morgan fingerprint density at radius 3 is 2.19 bits per heavy atom. The second-order valence-electron chi connectivity index (χ2n) is 7.50. The zero-order chi connectivity index (χ0) is 19.2. The van der Waals surface area contributed by atoms with Crippen molar-refractivity contribution in [3.05, 3.63) is 0 Å². The van der Waals surface area contributed by atoms with Crippen molar-refractivity contribution in [1.29, 1.82) is 0 Å². The number of likely N-dealkylation sites (tertiary alicyclic amines) is 1.